The highest BCUT2D eigenvalue weighted by atomic mass is 32.2. The predicted molar refractivity (Wildman–Crippen MR) is 89.1 cm³/mol. The molecule has 2 rings (SSSR count). The van der Waals surface area contributed by atoms with E-state index in [2.05, 4.69) is 0 Å². The van der Waals surface area contributed by atoms with Gasteiger partial charge in [-0.3, -0.25) is 0 Å². The molecular formula is C14H22N2O6S2. The zero-order valence-electron chi connectivity index (χ0n) is 13.5. The lowest BCUT2D eigenvalue weighted by Crippen LogP contribution is -2.48. The van der Waals surface area contributed by atoms with Gasteiger partial charge < -0.3 is 15.6 Å². The van der Waals surface area contributed by atoms with Crippen LogP contribution in [0.15, 0.2) is 23.1 Å². The number of ether oxygens (including phenoxy) is 1. The molecule has 24 heavy (non-hydrogen) atoms. The summed E-state index contributed by atoms with van der Waals surface area (Å²) in [6, 6.07) is 3.63. The SMILES string of the molecule is COc1ccc(C)cc1S(=O)(=O)N(CCN)[C@@H]1CS(=O)(=O)C[C@H]1O. The minimum Gasteiger partial charge on any atom is -0.495 e. The van der Waals surface area contributed by atoms with Crippen LogP contribution >= 0.6 is 0 Å². The number of sulfone groups is 1. The number of hydrogen-bond acceptors (Lipinski definition) is 7. The molecule has 1 aliphatic rings. The monoisotopic (exact) mass is 378 g/mol. The summed E-state index contributed by atoms with van der Waals surface area (Å²) in [7, 11) is -6.24. The van der Waals surface area contributed by atoms with E-state index in [1.807, 2.05) is 0 Å². The fourth-order valence-corrected chi connectivity index (χ4v) is 6.59. The van der Waals surface area contributed by atoms with Crippen molar-refractivity contribution in [3.8, 4) is 5.75 Å². The minimum atomic E-state index is -4.09. The normalized spacial score (nSPS) is 23.5. The van der Waals surface area contributed by atoms with Gasteiger partial charge in [-0.25, -0.2) is 16.8 Å². The number of aliphatic hydroxyl groups is 1. The number of hydrogen-bond donors (Lipinski definition) is 2. The highest BCUT2D eigenvalue weighted by Crippen LogP contribution is 2.31. The largest absolute Gasteiger partial charge is 0.495 e. The number of nitrogens with two attached hydrogens (primary N) is 1. The number of aliphatic hydroxyl groups excluding tert-OH is 1. The molecule has 1 aromatic rings. The first-order valence-electron chi connectivity index (χ1n) is 7.37. The van der Waals surface area contributed by atoms with Gasteiger partial charge in [0.2, 0.25) is 10.0 Å². The molecule has 2 atom stereocenters. The van der Waals surface area contributed by atoms with Crippen molar-refractivity contribution in [2.75, 3.05) is 31.7 Å². The third-order valence-electron chi connectivity index (χ3n) is 3.92. The van der Waals surface area contributed by atoms with Crippen LogP contribution in [0, 0.1) is 6.92 Å². The fourth-order valence-electron chi connectivity index (χ4n) is 2.79. The third-order valence-corrected chi connectivity index (χ3v) is 7.56. The maximum absolute atomic E-state index is 13.1. The summed E-state index contributed by atoms with van der Waals surface area (Å²) in [4.78, 5) is -0.0741. The van der Waals surface area contributed by atoms with Gasteiger partial charge >= 0.3 is 0 Å². The Hall–Kier alpha value is -1.20. The highest BCUT2D eigenvalue weighted by Gasteiger charge is 2.45. The first-order chi connectivity index (χ1) is 11.1. The summed E-state index contributed by atoms with van der Waals surface area (Å²) >= 11 is 0. The van der Waals surface area contributed by atoms with Crippen LogP contribution in [0.5, 0.6) is 5.75 Å². The molecular weight excluding hydrogens is 356 g/mol. The summed E-state index contributed by atoms with van der Waals surface area (Å²) in [5.74, 6) is -0.737. The molecule has 0 amide bonds. The number of methoxy groups -OCH3 is 1. The Balaban J connectivity index is 2.53. The van der Waals surface area contributed by atoms with E-state index in [0.29, 0.717) is 5.56 Å². The van der Waals surface area contributed by atoms with Crippen molar-refractivity contribution in [2.24, 2.45) is 5.73 Å². The van der Waals surface area contributed by atoms with E-state index < -0.39 is 43.5 Å². The summed E-state index contributed by atoms with van der Waals surface area (Å²) in [6.07, 6.45) is -1.29. The smallest absolute Gasteiger partial charge is 0.247 e. The molecule has 0 aliphatic carbocycles. The Morgan fingerprint density at radius 3 is 2.54 bits per heavy atom. The predicted octanol–water partition coefficient (Wildman–Crippen LogP) is -0.889. The van der Waals surface area contributed by atoms with Crippen LogP contribution in [-0.2, 0) is 19.9 Å². The molecule has 1 fully saturated rings. The Morgan fingerprint density at radius 1 is 1.38 bits per heavy atom. The molecule has 1 saturated heterocycles. The van der Waals surface area contributed by atoms with Crippen LogP contribution in [0.25, 0.3) is 0 Å². The second-order valence-corrected chi connectivity index (χ2v) is 9.78. The molecule has 0 bridgehead atoms. The topological polar surface area (TPSA) is 127 Å². The average Bonchev–Trinajstić information content (AvgIpc) is 2.77. The van der Waals surface area contributed by atoms with Gasteiger partial charge in [-0.1, -0.05) is 6.07 Å². The van der Waals surface area contributed by atoms with Crippen molar-refractivity contribution in [1.29, 1.82) is 0 Å². The van der Waals surface area contributed by atoms with Gasteiger partial charge in [-0.05, 0) is 24.6 Å². The number of nitrogens with zero attached hydrogens (tertiary/aromatic N) is 1. The number of rotatable bonds is 6. The van der Waals surface area contributed by atoms with Gasteiger partial charge in [0.1, 0.15) is 10.6 Å². The molecule has 8 nitrogen and oxygen atoms in total. The zero-order chi connectivity index (χ0) is 18.1. The van der Waals surface area contributed by atoms with Crippen molar-refractivity contribution in [1.82, 2.24) is 4.31 Å². The van der Waals surface area contributed by atoms with Gasteiger partial charge in [0, 0.05) is 13.1 Å². The molecule has 1 aliphatic heterocycles. The summed E-state index contributed by atoms with van der Waals surface area (Å²) in [6.45, 7) is 1.63. The van der Waals surface area contributed by atoms with E-state index in [0.717, 1.165) is 4.31 Å². The Bertz CT molecular complexity index is 807. The van der Waals surface area contributed by atoms with E-state index in [4.69, 9.17) is 10.5 Å². The third kappa shape index (κ3) is 3.72. The lowest BCUT2D eigenvalue weighted by Gasteiger charge is -2.29. The first-order valence-corrected chi connectivity index (χ1v) is 10.6. The van der Waals surface area contributed by atoms with Crippen LogP contribution in [0.2, 0.25) is 0 Å². The maximum Gasteiger partial charge on any atom is 0.247 e. The summed E-state index contributed by atoms with van der Waals surface area (Å²) in [5, 5.41) is 10.1. The standard InChI is InChI=1S/C14H22N2O6S2/c1-10-3-4-13(22-2)14(7-10)24(20,21)16(6-5-15)11-8-23(18,19)9-12(11)17/h3-4,7,11-12,17H,5-6,8-9,15H2,1-2H3/t11-,12-/m1/s1. The molecule has 0 unspecified atom stereocenters. The summed E-state index contributed by atoms with van der Waals surface area (Å²) < 4.78 is 55.8. The van der Waals surface area contributed by atoms with Crippen molar-refractivity contribution in [2.45, 2.75) is 24.0 Å². The van der Waals surface area contributed by atoms with E-state index in [-0.39, 0.29) is 23.7 Å². The molecule has 1 heterocycles. The first kappa shape index (κ1) is 19.1. The van der Waals surface area contributed by atoms with Gasteiger partial charge in [0.25, 0.3) is 0 Å². The van der Waals surface area contributed by atoms with Crippen LogP contribution in [-0.4, -0.2) is 70.1 Å². The second kappa shape index (κ2) is 6.96. The van der Waals surface area contributed by atoms with Crippen LogP contribution < -0.4 is 10.5 Å². The second-order valence-electron chi connectivity index (χ2n) is 5.77. The highest BCUT2D eigenvalue weighted by molar-refractivity contribution is 7.92. The van der Waals surface area contributed by atoms with Crippen LogP contribution in [0.4, 0.5) is 0 Å². The molecule has 0 spiro atoms. The van der Waals surface area contributed by atoms with Crippen LogP contribution in [0.1, 0.15) is 5.56 Å². The van der Waals surface area contributed by atoms with E-state index in [1.165, 1.54) is 19.2 Å². The maximum atomic E-state index is 13.1. The minimum absolute atomic E-state index is 0.00334. The quantitative estimate of drug-likeness (QED) is 0.657. The van der Waals surface area contributed by atoms with E-state index in [1.54, 1.807) is 13.0 Å². The van der Waals surface area contributed by atoms with Gasteiger partial charge in [-0.2, -0.15) is 4.31 Å². The lowest BCUT2D eigenvalue weighted by atomic mass is 10.2. The number of sulfonamides is 1. The van der Waals surface area contributed by atoms with Gasteiger partial charge in [0.05, 0.1) is 30.8 Å². The molecule has 136 valence electrons. The molecule has 0 saturated carbocycles. The Labute approximate surface area is 142 Å². The number of benzene rings is 1. The zero-order valence-corrected chi connectivity index (χ0v) is 15.2. The molecule has 0 aromatic heterocycles. The molecule has 0 radical (unpaired) electrons. The van der Waals surface area contributed by atoms with Crippen molar-refractivity contribution in [3.05, 3.63) is 23.8 Å². The van der Waals surface area contributed by atoms with Gasteiger partial charge in [0.15, 0.2) is 9.84 Å². The lowest BCUT2D eigenvalue weighted by molar-refractivity contribution is 0.129. The van der Waals surface area contributed by atoms with E-state index >= 15 is 0 Å². The van der Waals surface area contributed by atoms with Crippen molar-refractivity contribution in [3.63, 3.8) is 0 Å². The summed E-state index contributed by atoms with van der Waals surface area (Å²) in [5.41, 5.74) is 6.23. The molecule has 10 heteroatoms. The fraction of sp³-hybridized carbons (Fsp3) is 0.571. The Morgan fingerprint density at radius 2 is 2.04 bits per heavy atom. The van der Waals surface area contributed by atoms with Crippen molar-refractivity contribution < 1.29 is 26.7 Å². The van der Waals surface area contributed by atoms with Gasteiger partial charge in [-0.15, -0.1) is 0 Å². The molecule has 1 aromatic carbocycles. The van der Waals surface area contributed by atoms with Crippen molar-refractivity contribution >= 4 is 19.9 Å². The average molecular weight is 378 g/mol. The molecule has 3 N–H and O–H groups in total. The Kier molecular flexibility index (Phi) is 5.55. The van der Waals surface area contributed by atoms with Crippen LogP contribution in [0.3, 0.4) is 0 Å². The van der Waals surface area contributed by atoms with E-state index in [9.17, 15) is 21.9 Å². The number of aryl methyl sites for hydroxylation is 1.